The predicted molar refractivity (Wildman–Crippen MR) is 159 cm³/mol. The maximum atomic E-state index is 15.1. The number of amides is 2. The molecule has 0 fully saturated rings. The van der Waals surface area contributed by atoms with Crippen molar-refractivity contribution < 1.29 is 28.6 Å². The highest BCUT2D eigenvalue weighted by atomic mass is 19.1. The van der Waals surface area contributed by atoms with Gasteiger partial charge in [-0.15, -0.1) is 0 Å². The highest BCUT2D eigenvalue weighted by molar-refractivity contribution is 5.95. The van der Waals surface area contributed by atoms with Gasteiger partial charge >= 0.3 is 5.97 Å². The van der Waals surface area contributed by atoms with Crippen molar-refractivity contribution in [2.45, 2.75) is 90.8 Å². The van der Waals surface area contributed by atoms with E-state index >= 15 is 4.39 Å². The molecule has 0 spiro atoms. The fraction of sp³-hybridized carbons (Fsp3) is 0.469. The summed E-state index contributed by atoms with van der Waals surface area (Å²) in [4.78, 5) is 57.1. The number of esters is 1. The van der Waals surface area contributed by atoms with Crippen LogP contribution < -0.4 is 21.9 Å². The van der Waals surface area contributed by atoms with Gasteiger partial charge in [0.2, 0.25) is 11.8 Å². The molecule has 0 unspecified atom stereocenters. The van der Waals surface area contributed by atoms with Crippen molar-refractivity contribution in [2.24, 2.45) is 11.7 Å². The third kappa shape index (κ3) is 4.34. The van der Waals surface area contributed by atoms with E-state index in [9.17, 15) is 24.3 Å². The van der Waals surface area contributed by atoms with Crippen molar-refractivity contribution in [2.75, 3.05) is 0 Å². The average molecular weight is 606 g/mol. The van der Waals surface area contributed by atoms with Crippen LogP contribution in [0.5, 0.6) is 0 Å². The lowest BCUT2D eigenvalue weighted by molar-refractivity contribution is -0.172. The van der Waals surface area contributed by atoms with Crippen molar-refractivity contribution in [1.29, 1.82) is 0 Å². The van der Waals surface area contributed by atoms with Crippen LogP contribution >= 0.6 is 0 Å². The second kappa shape index (κ2) is 10.5. The number of nitrogens with zero attached hydrogens (tertiary/aromatic N) is 2. The average Bonchev–Trinajstić information content (AvgIpc) is 3.36. The van der Waals surface area contributed by atoms with Crippen LogP contribution in [0.25, 0.3) is 22.3 Å². The van der Waals surface area contributed by atoms with Gasteiger partial charge in [-0.3, -0.25) is 14.4 Å². The molecule has 11 nitrogen and oxygen atoms in total. The van der Waals surface area contributed by atoms with E-state index in [0.29, 0.717) is 40.9 Å². The summed E-state index contributed by atoms with van der Waals surface area (Å²) >= 11 is 0. The third-order valence-corrected chi connectivity index (χ3v) is 9.47. The van der Waals surface area contributed by atoms with Crippen LogP contribution in [-0.4, -0.2) is 44.5 Å². The molecular formula is C32H36FN5O6. The molecule has 1 aromatic carbocycles. The topological polar surface area (TPSA) is 166 Å². The van der Waals surface area contributed by atoms with Crippen LogP contribution in [0.3, 0.4) is 0 Å². The number of aliphatic hydroxyl groups is 1. The van der Waals surface area contributed by atoms with Gasteiger partial charge in [0.05, 0.1) is 41.1 Å². The van der Waals surface area contributed by atoms with Crippen LogP contribution in [0.4, 0.5) is 4.39 Å². The number of pyridine rings is 2. The van der Waals surface area contributed by atoms with E-state index in [1.807, 2.05) is 13.8 Å². The summed E-state index contributed by atoms with van der Waals surface area (Å²) in [5.74, 6) is -2.17. The van der Waals surface area contributed by atoms with E-state index in [0.717, 1.165) is 16.5 Å². The van der Waals surface area contributed by atoms with Gasteiger partial charge in [-0.1, -0.05) is 20.8 Å². The van der Waals surface area contributed by atoms with Crippen LogP contribution in [0, 0.1) is 18.7 Å². The van der Waals surface area contributed by atoms with E-state index < -0.39 is 52.9 Å². The van der Waals surface area contributed by atoms with Crippen molar-refractivity contribution in [1.82, 2.24) is 20.2 Å². The summed E-state index contributed by atoms with van der Waals surface area (Å²) in [5, 5.41) is 17.7. The first-order valence-corrected chi connectivity index (χ1v) is 15.0. The van der Waals surface area contributed by atoms with Gasteiger partial charge in [0, 0.05) is 22.6 Å². The van der Waals surface area contributed by atoms with E-state index in [1.165, 1.54) is 10.6 Å². The highest BCUT2D eigenvalue weighted by Gasteiger charge is 2.46. The zero-order valence-electron chi connectivity index (χ0n) is 25.3. The maximum absolute atomic E-state index is 15.1. The Hall–Kier alpha value is -4.16. The molecule has 1 aliphatic carbocycles. The zero-order valence-corrected chi connectivity index (χ0v) is 25.3. The molecule has 3 aromatic rings. The smallest absolute Gasteiger partial charge is 0.343 e. The Labute approximate surface area is 253 Å². The number of fused-ring (bicyclic) bond motifs is 5. The molecule has 0 saturated carbocycles. The van der Waals surface area contributed by atoms with Crippen molar-refractivity contribution in [3.05, 3.63) is 61.7 Å². The molecule has 3 aliphatic rings. The molecule has 2 amide bonds. The van der Waals surface area contributed by atoms with Crippen molar-refractivity contribution >= 4 is 28.7 Å². The first-order chi connectivity index (χ1) is 20.8. The molecule has 4 heterocycles. The van der Waals surface area contributed by atoms with Crippen molar-refractivity contribution in [3.63, 3.8) is 0 Å². The first kappa shape index (κ1) is 29.9. The minimum atomic E-state index is -1.98. The lowest BCUT2D eigenvalue weighted by Gasteiger charge is -2.31. The van der Waals surface area contributed by atoms with Crippen molar-refractivity contribution in [3.8, 4) is 11.4 Å². The minimum Gasteiger partial charge on any atom is -0.458 e. The fourth-order valence-electron chi connectivity index (χ4n) is 6.67. The molecule has 0 radical (unpaired) electrons. The molecule has 4 atom stereocenters. The number of aryl methyl sites for hydroxylation is 1. The Bertz CT molecular complexity index is 1830. The fourth-order valence-corrected chi connectivity index (χ4v) is 6.67. The summed E-state index contributed by atoms with van der Waals surface area (Å²) in [6, 6.07) is 0.813. The molecular weight excluding hydrogens is 569 g/mol. The lowest BCUT2D eigenvalue weighted by Crippen LogP contribution is -2.52. The molecule has 44 heavy (non-hydrogen) atoms. The molecule has 5 N–H and O–H groups in total. The largest absolute Gasteiger partial charge is 0.458 e. The number of hydrogen-bond donors (Lipinski definition) is 4. The number of hydrogen-bond acceptors (Lipinski definition) is 8. The van der Waals surface area contributed by atoms with E-state index in [2.05, 4.69) is 10.6 Å². The van der Waals surface area contributed by atoms with E-state index in [1.54, 1.807) is 26.8 Å². The second-order valence-electron chi connectivity index (χ2n) is 12.4. The number of rotatable bonds is 6. The molecule has 0 saturated heterocycles. The first-order valence-electron chi connectivity index (χ1n) is 15.0. The molecule has 232 valence electrons. The Kier molecular flexibility index (Phi) is 7.12. The van der Waals surface area contributed by atoms with Crippen LogP contribution in [-0.2, 0) is 44.3 Å². The van der Waals surface area contributed by atoms with Gasteiger partial charge < -0.3 is 30.8 Å². The minimum absolute atomic E-state index is 0.00370. The summed E-state index contributed by atoms with van der Waals surface area (Å²) in [6.45, 7) is 8.44. The quantitative estimate of drug-likeness (QED) is 0.243. The number of nitrogens with two attached hydrogens (primary N) is 1. The SMILES string of the molecule is CC[C@@]1(O)C(=O)OCc2c1cc1n(c2=O)Cc2c-1nc1cc(F)c(C)c3c1c2[C@@H](NC(=O)[C@H](C)NC(=O)[C@@H](N)C(C)C)CC3. The van der Waals surface area contributed by atoms with Gasteiger partial charge in [0.15, 0.2) is 5.60 Å². The summed E-state index contributed by atoms with van der Waals surface area (Å²) < 4.78 is 21.8. The molecule has 2 aliphatic heterocycles. The van der Waals surface area contributed by atoms with Crippen LogP contribution in [0.2, 0.25) is 0 Å². The van der Waals surface area contributed by atoms with Gasteiger partial charge in [0.1, 0.15) is 18.5 Å². The second-order valence-corrected chi connectivity index (χ2v) is 12.4. The van der Waals surface area contributed by atoms with Gasteiger partial charge in [-0.05, 0) is 61.8 Å². The molecule has 0 bridgehead atoms. The lowest BCUT2D eigenvalue weighted by atomic mass is 9.81. The standard InChI is InChI=1S/C32H36FN5O6/c1-6-32(43)19-9-23-27-17(11-38(23)30(41)18(19)12-44-31(32)42)25-21(37-28(39)15(5)35-29(40)26(34)13(2)3)8-7-16-14(4)20(33)10-22(36-27)24(16)25/h9-10,13,15,21,26,43H,6-8,11-12,34H2,1-5H3,(H,35,40)(H,37,39)/t15-,21-,26-,32-/m0/s1. The summed E-state index contributed by atoms with van der Waals surface area (Å²) in [5.41, 5.74) is 7.86. The number of ether oxygens (including phenoxy) is 1. The monoisotopic (exact) mass is 605 g/mol. The normalized spacial score (nSPS) is 21.3. The van der Waals surface area contributed by atoms with Gasteiger partial charge in [-0.2, -0.15) is 0 Å². The Balaban J connectivity index is 1.48. The number of cyclic esters (lactones) is 1. The summed E-state index contributed by atoms with van der Waals surface area (Å²) in [7, 11) is 0. The maximum Gasteiger partial charge on any atom is 0.343 e. The van der Waals surface area contributed by atoms with Crippen LogP contribution in [0.15, 0.2) is 16.9 Å². The van der Waals surface area contributed by atoms with E-state index in [4.69, 9.17) is 15.5 Å². The number of nitrogens with one attached hydrogen (secondary N) is 2. The molecule has 2 aromatic heterocycles. The number of benzene rings is 1. The van der Waals surface area contributed by atoms with Gasteiger partial charge in [-0.25, -0.2) is 14.2 Å². The number of aromatic nitrogens is 2. The Morgan fingerprint density at radius 3 is 2.61 bits per heavy atom. The number of carbonyl (C=O) groups is 3. The van der Waals surface area contributed by atoms with Crippen LogP contribution in [0.1, 0.15) is 80.0 Å². The Morgan fingerprint density at radius 1 is 1.20 bits per heavy atom. The highest BCUT2D eigenvalue weighted by Crippen LogP contribution is 2.46. The third-order valence-electron chi connectivity index (χ3n) is 9.47. The molecule has 6 rings (SSSR count). The van der Waals surface area contributed by atoms with Gasteiger partial charge in [0.25, 0.3) is 5.56 Å². The number of halogens is 1. The number of carbonyl (C=O) groups excluding carboxylic acids is 3. The predicted octanol–water partition coefficient (Wildman–Crippen LogP) is 2.12. The van der Waals surface area contributed by atoms with E-state index in [-0.39, 0.29) is 36.6 Å². The zero-order chi connectivity index (χ0) is 31.8. The molecule has 12 heteroatoms. The summed E-state index contributed by atoms with van der Waals surface area (Å²) in [6.07, 6.45) is 0.950. The Morgan fingerprint density at radius 2 is 1.93 bits per heavy atom.